The largest absolute Gasteiger partial charge is 0.325 e. The van der Waals surface area contributed by atoms with E-state index in [1.54, 1.807) is 6.07 Å². The molecule has 1 nitrogen and oxygen atoms in total. The third kappa shape index (κ3) is 2.86. The van der Waals surface area contributed by atoms with E-state index in [0.29, 0.717) is 5.92 Å². The van der Waals surface area contributed by atoms with Gasteiger partial charge in [-0.2, -0.15) is 0 Å². The van der Waals surface area contributed by atoms with Crippen molar-refractivity contribution >= 4 is 0 Å². The monoisotopic (exact) mass is 235 g/mol. The van der Waals surface area contributed by atoms with Gasteiger partial charge in [0.05, 0.1) is 0 Å². The van der Waals surface area contributed by atoms with Crippen molar-refractivity contribution in [2.45, 2.75) is 57.4 Å². The van der Waals surface area contributed by atoms with Gasteiger partial charge in [-0.05, 0) is 55.2 Å². The van der Waals surface area contributed by atoms with Crippen LogP contribution in [0.25, 0.3) is 0 Å². The second-order valence-electron chi connectivity index (χ2n) is 5.41. The molecule has 1 aliphatic carbocycles. The molecule has 2 heteroatoms. The fourth-order valence-corrected chi connectivity index (χ4v) is 2.48. The summed E-state index contributed by atoms with van der Waals surface area (Å²) in [6, 6.07) is 5.68. The molecule has 0 amide bonds. The van der Waals surface area contributed by atoms with Gasteiger partial charge in [-0.1, -0.05) is 26.0 Å². The van der Waals surface area contributed by atoms with E-state index >= 15 is 0 Å². The second-order valence-corrected chi connectivity index (χ2v) is 5.41. The number of rotatable bonds is 5. The minimum Gasteiger partial charge on any atom is -0.325 e. The smallest absolute Gasteiger partial charge is 0.126 e. The molecule has 94 valence electrons. The Morgan fingerprint density at radius 3 is 2.41 bits per heavy atom. The first kappa shape index (κ1) is 12.6. The van der Waals surface area contributed by atoms with Crippen LogP contribution in [-0.2, 0) is 6.42 Å². The third-order valence-corrected chi connectivity index (χ3v) is 3.94. The number of benzene rings is 1. The highest BCUT2D eigenvalue weighted by atomic mass is 19.1. The number of hydrogen-bond donors (Lipinski definition) is 1. The molecule has 0 saturated heterocycles. The summed E-state index contributed by atoms with van der Waals surface area (Å²) in [7, 11) is 0. The van der Waals surface area contributed by atoms with Gasteiger partial charge in [-0.15, -0.1) is 0 Å². The van der Waals surface area contributed by atoms with Crippen LogP contribution in [0.2, 0.25) is 0 Å². The summed E-state index contributed by atoms with van der Waals surface area (Å²) in [5, 5.41) is 0. The Hall–Kier alpha value is -0.890. The van der Waals surface area contributed by atoms with Gasteiger partial charge in [-0.25, -0.2) is 4.39 Å². The molecule has 0 unspecified atom stereocenters. The van der Waals surface area contributed by atoms with Crippen molar-refractivity contribution in [2.75, 3.05) is 0 Å². The van der Waals surface area contributed by atoms with Gasteiger partial charge in [-0.3, -0.25) is 0 Å². The molecule has 0 heterocycles. The maximum Gasteiger partial charge on any atom is 0.126 e. The Balaban J connectivity index is 2.16. The lowest BCUT2D eigenvalue weighted by Gasteiger charge is -2.15. The van der Waals surface area contributed by atoms with Gasteiger partial charge in [0, 0.05) is 5.54 Å². The maximum atomic E-state index is 14.0. The molecule has 17 heavy (non-hydrogen) atoms. The van der Waals surface area contributed by atoms with Crippen molar-refractivity contribution in [1.82, 2.24) is 0 Å². The van der Waals surface area contributed by atoms with Gasteiger partial charge in [0.15, 0.2) is 0 Å². The van der Waals surface area contributed by atoms with Gasteiger partial charge in [0.2, 0.25) is 0 Å². The Morgan fingerprint density at radius 2 is 1.94 bits per heavy atom. The predicted molar refractivity (Wildman–Crippen MR) is 69.6 cm³/mol. The van der Waals surface area contributed by atoms with Crippen LogP contribution in [0.4, 0.5) is 4.39 Å². The summed E-state index contributed by atoms with van der Waals surface area (Å²) >= 11 is 0. The summed E-state index contributed by atoms with van der Waals surface area (Å²) in [6.45, 7) is 4.22. The molecule has 2 N–H and O–H groups in total. The van der Waals surface area contributed by atoms with Gasteiger partial charge >= 0.3 is 0 Å². The van der Waals surface area contributed by atoms with Gasteiger partial charge in [0.25, 0.3) is 0 Å². The highest BCUT2D eigenvalue weighted by Gasteiger charge is 2.38. The fraction of sp³-hybridized carbons (Fsp3) is 0.600. The van der Waals surface area contributed by atoms with Crippen LogP contribution in [0.5, 0.6) is 0 Å². The first-order valence-electron chi connectivity index (χ1n) is 6.65. The maximum absolute atomic E-state index is 14.0. The van der Waals surface area contributed by atoms with Crippen LogP contribution >= 0.6 is 0 Å². The quantitative estimate of drug-likeness (QED) is 0.826. The van der Waals surface area contributed by atoms with Crippen molar-refractivity contribution in [3.63, 3.8) is 0 Å². The van der Waals surface area contributed by atoms with Crippen molar-refractivity contribution in [2.24, 2.45) is 5.73 Å². The van der Waals surface area contributed by atoms with Crippen molar-refractivity contribution in [3.8, 4) is 0 Å². The molecule has 1 aromatic carbocycles. The Kier molecular flexibility index (Phi) is 3.53. The second kappa shape index (κ2) is 4.77. The van der Waals surface area contributed by atoms with E-state index in [4.69, 9.17) is 5.73 Å². The van der Waals surface area contributed by atoms with E-state index in [1.807, 2.05) is 12.1 Å². The highest BCUT2D eigenvalue weighted by Crippen LogP contribution is 2.36. The van der Waals surface area contributed by atoms with Gasteiger partial charge in [0.1, 0.15) is 5.82 Å². The Bertz CT molecular complexity index is 392. The van der Waals surface area contributed by atoms with Crippen molar-refractivity contribution in [3.05, 3.63) is 35.1 Å². The first-order chi connectivity index (χ1) is 8.08. The van der Waals surface area contributed by atoms with E-state index in [-0.39, 0.29) is 11.4 Å². The molecular formula is C15H22FN. The molecule has 0 atom stereocenters. The molecular weight excluding hydrogens is 213 g/mol. The van der Waals surface area contributed by atoms with Crippen LogP contribution < -0.4 is 5.73 Å². The summed E-state index contributed by atoms with van der Waals surface area (Å²) in [5.41, 5.74) is 7.92. The molecule has 1 aliphatic rings. The highest BCUT2D eigenvalue weighted by molar-refractivity contribution is 5.29. The minimum atomic E-state index is -0.0551. The molecule has 0 spiro atoms. The zero-order valence-corrected chi connectivity index (χ0v) is 10.8. The first-order valence-corrected chi connectivity index (χ1v) is 6.65. The molecule has 0 aliphatic heterocycles. The molecule has 0 radical (unpaired) electrons. The molecule has 2 rings (SSSR count). The Morgan fingerprint density at radius 1 is 1.29 bits per heavy atom. The summed E-state index contributed by atoms with van der Waals surface area (Å²) in [6.07, 6.45) is 4.94. The lowest BCUT2D eigenvalue weighted by Crippen LogP contribution is -2.24. The predicted octanol–water partition coefficient (Wildman–Crippen LogP) is 3.76. The lowest BCUT2D eigenvalue weighted by atomic mass is 9.92. The molecule has 0 aromatic heterocycles. The van der Waals surface area contributed by atoms with Crippen LogP contribution in [0.15, 0.2) is 18.2 Å². The van der Waals surface area contributed by atoms with Crippen molar-refractivity contribution in [1.29, 1.82) is 0 Å². The topological polar surface area (TPSA) is 26.0 Å². The average molecular weight is 235 g/mol. The zero-order valence-electron chi connectivity index (χ0n) is 10.8. The van der Waals surface area contributed by atoms with E-state index in [0.717, 1.165) is 43.2 Å². The standard InChI is InChI=1S/C15H22FN/c1-3-12(4-2)13-6-5-11(9-14(13)16)10-15(17)7-8-15/h5-6,9,12H,3-4,7-8,10,17H2,1-2H3. The van der Waals surface area contributed by atoms with E-state index in [2.05, 4.69) is 13.8 Å². The van der Waals surface area contributed by atoms with E-state index in [9.17, 15) is 4.39 Å². The van der Waals surface area contributed by atoms with Crippen LogP contribution in [0.1, 0.15) is 56.6 Å². The normalized spacial score (nSPS) is 17.5. The molecule has 1 aromatic rings. The van der Waals surface area contributed by atoms with Crippen LogP contribution in [0.3, 0.4) is 0 Å². The minimum absolute atomic E-state index is 0.0388. The lowest BCUT2D eigenvalue weighted by molar-refractivity contribution is 0.554. The van der Waals surface area contributed by atoms with E-state index < -0.39 is 0 Å². The summed E-state index contributed by atoms with van der Waals surface area (Å²) < 4.78 is 14.0. The zero-order chi connectivity index (χ0) is 12.5. The van der Waals surface area contributed by atoms with Crippen molar-refractivity contribution < 1.29 is 4.39 Å². The summed E-state index contributed by atoms with van der Waals surface area (Å²) in [5.74, 6) is 0.289. The number of halogens is 1. The van der Waals surface area contributed by atoms with E-state index in [1.165, 1.54) is 0 Å². The van der Waals surface area contributed by atoms with Gasteiger partial charge < -0.3 is 5.73 Å². The number of hydrogen-bond acceptors (Lipinski definition) is 1. The van der Waals surface area contributed by atoms with Crippen LogP contribution in [0, 0.1) is 5.82 Å². The number of nitrogens with two attached hydrogens (primary N) is 1. The fourth-order valence-electron chi connectivity index (χ4n) is 2.48. The summed E-state index contributed by atoms with van der Waals surface area (Å²) in [4.78, 5) is 0. The molecule has 1 saturated carbocycles. The average Bonchev–Trinajstić information content (AvgIpc) is 3.00. The molecule has 1 fully saturated rings. The van der Waals surface area contributed by atoms with Crippen LogP contribution in [-0.4, -0.2) is 5.54 Å². The SMILES string of the molecule is CCC(CC)c1ccc(CC2(N)CC2)cc1F. The molecule has 0 bridgehead atoms. The Labute approximate surface area is 103 Å². The third-order valence-electron chi connectivity index (χ3n) is 3.94.